The van der Waals surface area contributed by atoms with Crippen LogP contribution < -0.4 is 11.1 Å². The van der Waals surface area contributed by atoms with E-state index in [4.69, 9.17) is 5.73 Å². The zero-order valence-electron chi connectivity index (χ0n) is 9.96. The topological polar surface area (TPSA) is 75.4 Å². The Kier molecular flexibility index (Phi) is 4.54. The van der Waals surface area contributed by atoms with E-state index in [2.05, 4.69) is 21.2 Å². The van der Waals surface area contributed by atoms with Crippen molar-refractivity contribution in [3.8, 4) is 5.75 Å². The van der Waals surface area contributed by atoms with Gasteiger partial charge in [0.2, 0.25) is 5.91 Å². The van der Waals surface area contributed by atoms with Crippen LogP contribution in [0.4, 0.5) is 5.69 Å². The molecule has 1 aromatic carbocycles. The predicted molar refractivity (Wildman–Crippen MR) is 71.9 cm³/mol. The number of benzene rings is 1. The van der Waals surface area contributed by atoms with E-state index < -0.39 is 5.41 Å². The lowest BCUT2D eigenvalue weighted by Crippen LogP contribution is -2.39. The Morgan fingerprint density at radius 1 is 1.59 bits per heavy atom. The molecule has 94 valence electrons. The minimum atomic E-state index is -0.616. The molecule has 0 aliphatic rings. The third kappa shape index (κ3) is 2.98. The highest BCUT2D eigenvalue weighted by Crippen LogP contribution is 2.33. The molecule has 0 fully saturated rings. The van der Waals surface area contributed by atoms with E-state index in [1.165, 1.54) is 0 Å². The number of nitrogens with one attached hydrogen (secondary N) is 1. The van der Waals surface area contributed by atoms with Gasteiger partial charge in [-0.1, -0.05) is 13.0 Å². The standard InChI is InChI=1S/C12H17BrN2O2/c1-3-12(2,7-14)11(17)15-9-6-4-5-8(13)10(9)16/h4-6,16H,3,7,14H2,1-2H3,(H,15,17). The number of rotatable bonds is 4. The van der Waals surface area contributed by atoms with Crippen LogP contribution in [0.15, 0.2) is 22.7 Å². The number of hydrogen-bond donors (Lipinski definition) is 3. The first-order valence-electron chi connectivity index (χ1n) is 5.43. The summed E-state index contributed by atoms with van der Waals surface area (Å²) in [4.78, 5) is 12.0. The summed E-state index contributed by atoms with van der Waals surface area (Å²) in [6, 6.07) is 5.09. The van der Waals surface area contributed by atoms with Crippen molar-refractivity contribution in [3.63, 3.8) is 0 Å². The van der Waals surface area contributed by atoms with Crippen LogP contribution in [-0.2, 0) is 4.79 Å². The number of halogens is 1. The van der Waals surface area contributed by atoms with Gasteiger partial charge in [0.25, 0.3) is 0 Å². The molecule has 1 amide bonds. The lowest BCUT2D eigenvalue weighted by atomic mass is 9.86. The number of amides is 1. The second kappa shape index (κ2) is 5.51. The molecule has 0 heterocycles. The molecule has 0 saturated carbocycles. The molecule has 1 unspecified atom stereocenters. The number of carbonyl (C=O) groups is 1. The maximum atomic E-state index is 12.0. The monoisotopic (exact) mass is 300 g/mol. The van der Waals surface area contributed by atoms with Gasteiger partial charge in [-0.05, 0) is 41.4 Å². The van der Waals surface area contributed by atoms with E-state index in [9.17, 15) is 9.90 Å². The van der Waals surface area contributed by atoms with E-state index in [0.29, 0.717) is 16.6 Å². The highest BCUT2D eigenvalue weighted by Gasteiger charge is 2.30. The maximum Gasteiger partial charge on any atom is 0.231 e. The Labute approximate surface area is 109 Å². The van der Waals surface area contributed by atoms with Gasteiger partial charge in [-0.2, -0.15) is 0 Å². The van der Waals surface area contributed by atoms with Crippen molar-refractivity contribution in [2.45, 2.75) is 20.3 Å². The Bertz CT molecular complexity index is 417. The molecule has 0 radical (unpaired) electrons. The minimum Gasteiger partial charge on any atom is -0.505 e. The van der Waals surface area contributed by atoms with E-state index in [1.54, 1.807) is 25.1 Å². The average molecular weight is 301 g/mol. The zero-order chi connectivity index (χ0) is 13.1. The van der Waals surface area contributed by atoms with Gasteiger partial charge in [-0.3, -0.25) is 4.79 Å². The smallest absolute Gasteiger partial charge is 0.231 e. The molecule has 17 heavy (non-hydrogen) atoms. The average Bonchev–Trinajstić information content (AvgIpc) is 2.33. The fourth-order valence-corrected chi connectivity index (χ4v) is 1.65. The predicted octanol–water partition coefficient (Wildman–Crippen LogP) is 2.47. The Hall–Kier alpha value is -1.07. The number of hydrogen-bond acceptors (Lipinski definition) is 3. The molecule has 1 aromatic rings. The van der Waals surface area contributed by atoms with Crippen molar-refractivity contribution in [3.05, 3.63) is 22.7 Å². The molecule has 1 atom stereocenters. The fourth-order valence-electron chi connectivity index (χ4n) is 1.29. The summed E-state index contributed by atoms with van der Waals surface area (Å²) in [6.45, 7) is 3.98. The summed E-state index contributed by atoms with van der Waals surface area (Å²) < 4.78 is 0.543. The summed E-state index contributed by atoms with van der Waals surface area (Å²) >= 11 is 3.19. The summed E-state index contributed by atoms with van der Waals surface area (Å²) in [5.74, 6) is -0.160. The van der Waals surface area contributed by atoms with E-state index in [-0.39, 0.29) is 18.2 Å². The maximum absolute atomic E-state index is 12.0. The van der Waals surface area contributed by atoms with Gasteiger partial charge in [0.15, 0.2) is 5.75 Å². The molecule has 5 heteroatoms. The highest BCUT2D eigenvalue weighted by atomic mass is 79.9. The molecular weight excluding hydrogens is 284 g/mol. The number of nitrogens with two attached hydrogens (primary N) is 1. The lowest BCUT2D eigenvalue weighted by molar-refractivity contribution is -0.124. The third-order valence-electron chi connectivity index (χ3n) is 3.01. The Morgan fingerprint density at radius 2 is 2.24 bits per heavy atom. The second-order valence-electron chi connectivity index (χ2n) is 4.21. The van der Waals surface area contributed by atoms with Crippen molar-refractivity contribution in [1.82, 2.24) is 0 Å². The zero-order valence-corrected chi connectivity index (χ0v) is 11.5. The van der Waals surface area contributed by atoms with E-state index >= 15 is 0 Å². The second-order valence-corrected chi connectivity index (χ2v) is 5.06. The van der Waals surface area contributed by atoms with Crippen molar-refractivity contribution >= 4 is 27.5 Å². The van der Waals surface area contributed by atoms with E-state index in [1.807, 2.05) is 6.92 Å². The van der Waals surface area contributed by atoms with E-state index in [0.717, 1.165) is 0 Å². The first-order valence-corrected chi connectivity index (χ1v) is 6.23. The van der Waals surface area contributed by atoms with Crippen LogP contribution in [0.1, 0.15) is 20.3 Å². The molecular formula is C12H17BrN2O2. The highest BCUT2D eigenvalue weighted by molar-refractivity contribution is 9.10. The van der Waals surface area contributed by atoms with Crippen molar-refractivity contribution in [2.75, 3.05) is 11.9 Å². The van der Waals surface area contributed by atoms with Crippen LogP contribution in [0.2, 0.25) is 0 Å². The van der Waals surface area contributed by atoms with Crippen LogP contribution >= 0.6 is 15.9 Å². The van der Waals surface area contributed by atoms with Crippen molar-refractivity contribution < 1.29 is 9.90 Å². The normalized spacial score (nSPS) is 14.1. The number of anilines is 1. The van der Waals surface area contributed by atoms with Gasteiger partial charge in [-0.15, -0.1) is 0 Å². The Balaban J connectivity index is 2.92. The molecule has 0 aromatic heterocycles. The summed E-state index contributed by atoms with van der Waals surface area (Å²) in [5.41, 5.74) is 5.38. The Morgan fingerprint density at radius 3 is 2.76 bits per heavy atom. The fraction of sp³-hybridized carbons (Fsp3) is 0.417. The number of phenols is 1. The molecule has 0 aliphatic carbocycles. The largest absolute Gasteiger partial charge is 0.505 e. The number of carbonyl (C=O) groups excluding carboxylic acids is 1. The molecule has 0 saturated heterocycles. The molecule has 0 bridgehead atoms. The minimum absolute atomic E-state index is 0.0244. The summed E-state index contributed by atoms with van der Waals surface area (Å²) in [6.07, 6.45) is 0.643. The van der Waals surface area contributed by atoms with Gasteiger partial charge < -0.3 is 16.2 Å². The molecule has 0 aliphatic heterocycles. The molecule has 4 N–H and O–H groups in total. The van der Waals surface area contributed by atoms with Gasteiger partial charge in [0.1, 0.15) is 0 Å². The van der Waals surface area contributed by atoms with Crippen molar-refractivity contribution in [2.24, 2.45) is 11.1 Å². The number of para-hydroxylation sites is 1. The van der Waals surface area contributed by atoms with Gasteiger partial charge in [0.05, 0.1) is 15.6 Å². The first kappa shape index (κ1) is 14.0. The van der Waals surface area contributed by atoms with Gasteiger partial charge in [0, 0.05) is 6.54 Å². The van der Waals surface area contributed by atoms with Crippen LogP contribution in [0.25, 0.3) is 0 Å². The quantitative estimate of drug-likeness (QED) is 0.748. The molecule has 1 rings (SSSR count). The van der Waals surface area contributed by atoms with Gasteiger partial charge in [-0.25, -0.2) is 0 Å². The SMILES string of the molecule is CCC(C)(CN)C(=O)Nc1cccc(Br)c1O. The molecule has 4 nitrogen and oxygen atoms in total. The number of phenolic OH excluding ortho intramolecular Hbond substituents is 1. The van der Waals surface area contributed by atoms with Crippen molar-refractivity contribution in [1.29, 1.82) is 0 Å². The summed E-state index contributed by atoms with van der Waals surface area (Å²) in [5, 5.41) is 12.5. The number of aromatic hydroxyl groups is 1. The first-order chi connectivity index (χ1) is 7.94. The van der Waals surface area contributed by atoms with Crippen LogP contribution in [-0.4, -0.2) is 17.6 Å². The van der Waals surface area contributed by atoms with Crippen LogP contribution in [0.3, 0.4) is 0 Å². The molecule has 0 spiro atoms. The summed E-state index contributed by atoms with van der Waals surface area (Å²) in [7, 11) is 0. The lowest BCUT2D eigenvalue weighted by Gasteiger charge is -2.25. The van der Waals surface area contributed by atoms with Crippen LogP contribution in [0.5, 0.6) is 5.75 Å². The third-order valence-corrected chi connectivity index (χ3v) is 3.65. The van der Waals surface area contributed by atoms with Crippen LogP contribution in [0, 0.1) is 5.41 Å². The van der Waals surface area contributed by atoms with Gasteiger partial charge >= 0.3 is 0 Å².